The molecule has 0 spiro atoms. The Morgan fingerprint density at radius 2 is 2.36 bits per heavy atom. The summed E-state index contributed by atoms with van der Waals surface area (Å²) in [5.41, 5.74) is 1.45. The zero-order valence-electron chi connectivity index (χ0n) is 8.37. The fourth-order valence-electron chi connectivity index (χ4n) is 1.04. The molecule has 0 unspecified atom stereocenters. The van der Waals surface area contributed by atoms with Crippen LogP contribution in [0.2, 0.25) is 0 Å². The van der Waals surface area contributed by atoms with Crippen molar-refractivity contribution >= 4 is 5.82 Å². The van der Waals surface area contributed by atoms with E-state index in [9.17, 15) is 0 Å². The van der Waals surface area contributed by atoms with E-state index in [-0.39, 0.29) is 0 Å². The van der Waals surface area contributed by atoms with E-state index in [0.29, 0.717) is 18.8 Å². The van der Waals surface area contributed by atoms with Crippen LogP contribution in [0.1, 0.15) is 11.3 Å². The van der Waals surface area contributed by atoms with Crippen LogP contribution in [0.4, 0.5) is 5.82 Å². The highest BCUT2D eigenvalue weighted by Gasteiger charge is 2.00. The van der Waals surface area contributed by atoms with Gasteiger partial charge in [0.2, 0.25) is 0 Å². The Balaban J connectivity index is 2.70. The van der Waals surface area contributed by atoms with Crippen molar-refractivity contribution in [1.82, 2.24) is 4.98 Å². The van der Waals surface area contributed by atoms with Gasteiger partial charge in [0, 0.05) is 13.7 Å². The van der Waals surface area contributed by atoms with E-state index >= 15 is 0 Å². The third kappa shape index (κ3) is 2.71. The van der Waals surface area contributed by atoms with Crippen molar-refractivity contribution < 1.29 is 4.74 Å². The first-order valence-corrected chi connectivity index (χ1v) is 4.38. The molecule has 1 N–H and O–H groups in total. The Hall–Kier alpha value is -1.60. The molecule has 0 fully saturated rings. The number of nitriles is 1. The van der Waals surface area contributed by atoms with Gasteiger partial charge in [0.1, 0.15) is 17.6 Å². The lowest BCUT2D eigenvalue weighted by atomic mass is 10.2. The van der Waals surface area contributed by atoms with Gasteiger partial charge in [-0.2, -0.15) is 5.26 Å². The van der Waals surface area contributed by atoms with E-state index in [1.165, 1.54) is 0 Å². The van der Waals surface area contributed by atoms with Crippen molar-refractivity contribution in [1.29, 1.82) is 5.26 Å². The lowest BCUT2D eigenvalue weighted by Crippen LogP contribution is -2.10. The summed E-state index contributed by atoms with van der Waals surface area (Å²) in [4.78, 5) is 4.13. The SMILES string of the molecule is COCCNc1nc(C#N)ccc1C. The van der Waals surface area contributed by atoms with E-state index in [1.807, 2.05) is 19.1 Å². The number of rotatable bonds is 4. The van der Waals surface area contributed by atoms with Gasteiger partial charge in [-0.3, -0.25) is 0 Å². The molecule has 0 radical (unpaired) electrons. The second kappa shape index (κ2) is 5.20. The lowest BCUT2D eigenvalue weighted by molar-refractivity contribution is 0.210. The molecule has 4 heteroatoms. The van der Waals surface area contributed by atoms with Crippen LogP contribution in [-0.4, -0.2) is 25.2 Å². The summed E-state index contributed by atoms with van der Waals surface area (Å²) in [7, 11) is 1.65. The molecule has 0 aliphatic carbocycles. The van der Waals surface area contributed by atoms with Crippen molar-refractivity contribution in [2.45, 2.75) is 6.92 Å². The summed E-state index contributed by atoms with van der Waals surface area (Å²) in [5, 5.41) is 11.8. The van der Waals surface area contributed by atoms with Gasteiger partial charge in [-0.05, 0) is 18.6 Å². The Bertz CT molecular complexity index is 344. The van der Waals surface area contributed by atoms with Crippen molar-refractivity contribution in [3.63, 3.8) is 0 Å². The van der Waals surface area contributed by atoms with Gasteiger partial charge in [-0.15, -0.1) is 0 Å². The van der Waals surface area contributed by atoms with Crippen LogP contribution >= 0.6 is 0 Å². The molecule has 0 atom stereocenters. The summed E-state index contributed by atoms with van der Waals surface area (Å²) in [6.07, 6.45) is 0. The summed E-state index contributed by atoms with van der Waals surface area (Å²) in [5.74, 6) is 0.751. The van der Waals surface area contributed by atoms with Crippen molar-refractivity contribution in [2.24, 2.45) is 0 Å². The molecule has 1 aromatic heterocycles. The molecular weight excluding hydrogens is 178 g/mol. The first-order chi connectivity index (χ1) is 6.77. The van der Waals surface area contributed by atoms with Crippen molar-refractivity contribution in [2.75, 3.05) is 25.6 Å². The number of aryl methyl sites for hydroxylation is 1. The molecule has 1 aromatic rings. The molecule has 1 heterocycles. The van der Waals surface area contributed by atoms with Crippen molar-refractivity contribution in [3.05, 3.63) is 23.4 Å². The van der Waals surface area contributed by atoms with E-state index in [0.717, 1.165) is 11.4 Å². The molecule has 0 saturated carbocycles. The molecule has 0 aliphatic heterocycles. The quantitative estimate of drug-likeness (QED) is 0.729. The fraction of sp³-hybridized carbons (Fsp3) is 0.400. The highest BCUT2D eigenvalue weighted by Crippen LogP contribution is 2.11. The summed E-state index contributed by atoms with van der Waals surface area (Å²) >= 11 is 0. The van der Waals surface area contributed by atoms with E-state index in [1.54, 1.807) is 13.2 Å². The molecule has 14 heavy (non-hydrogen) atoms. The number of aromatic nitrogens is 1. The predicted octanol–water partition coefficient (Wildman–Crippen LogP) is 1.32. The number of nitrogens with zero attached hydrogens (tertiary/aromatic N) is 2. The average Bonchev–Trinajstić information content (AvgIpc) is 2.21. The number of pyridine rings is 1. The second-order valence-electron chi connectivity index (χ2n) is 2.89. The summed E-state index contributed by atoms with van der Waals surface area (Å²) < 4.78 is 4.90. The minimum atomic E-state index is 0.426. The molecule has 4 nitrogen and oxygen atoms in total. The molecule has 74 valence electrons. The molecule has 0 aromatic carbocycles. The third-order valence-electron chi connectivity index (χ3n) is 1.81. The van der Waals surface area contributed by atoms with Gasteiger partial charge < -0.3 is 10.1 Å². The molecule has 0 saturated heterocycles. The molecule has 0 bridgehead atoms. The summed E-state index contributed by atoms with van der Waals surface area (Å²) in [6, 6.07) is 5.58. The maximum atomic E-state index is 8.66. The fourth-order valence-corrected chi connectivity index (χ4v) is 1.04. The first-order valence-electron chi connectivity index (χ1n) is 4.38. The van der Waals surface area contributed by atoms with Gasteiger partial charge in [0.05, 0.1) is 6.61 Å². The Kier molecular flexibility index (Phi) is 3.89. The molecular formula is C10H13N3O. The van der Waals surface area contributed by atoms with Gasteiger partial charge >= 0.3 is 0 Å². The number of methoxy groups -OCH3 is 1. The Morgan fingerprint density at radius 1 is 1.57 bits per heavy atom. The maximum Gasteiger partial charge on any atom is 0.142 e. The molecule has 1 rings (SSSR count). The summed E-state index contributed by atoms with van der Waals surface area (Å²) in [6.45, 7) is 3.26. The normalized spacial score (nSPS) is 9.50. The van der Waals surface area contributed by atoms with E-state index in [4.69, 9.17) is 10.00 Å². The Labute approximate surface area is 83.5 Å². The van der Waals surface area contributed by atoms with Crippen LogP contribution in [0.15, 0.2) is 12.1 Å². The van der Waals surface area contributed by atoms with Gasteiger partial charge in [0.15, 0.2) is 0 Å². The van der Waals surface area contributed by atoms with Gasteiger partial charge in [0.25, 0.3) is 0 Å². The number of ether oxygens (including phenoxy) is 1. The smallest absolute Gasteiger partial charge is 0.142 e. The highest BCUT2D eigenvalue weighted by atomic mass is 16.5. The third-order valence-corrected chi connectivity index (χ3v) is 1.81. The standard InChI is InChI=1S/C10H13N3O/c1-8-3-4-9(7-11)13-10(8)12-5-6-14-2/h3-4H,5-6H2,1-2H3,(H,12,13). The van der Waals surface area contributed by atoms with Crippen LogP contribution in [0, 0.1) is 18.3 Å². The molecule has 0 amide bonds. The number of hydrogen-bond donors (Lipinski definition) is 1. The lowest BCUT2D eigenvalue weighted by Gasteiger charge is -2.07. The monoisotopic (exact) mass is 191 g/mol. The van der Waals surface area contributed by atoms with Crippen LogP contribution in [-0.2, 0) is 4.74 Å². The Morgan fingerprint density at radius 3 is 3.00 bits per heavy atom. The van der Waals surface area contributed by atoms with Gasteiger partial charge in [-0.1, -0.05) is 6.07 Å². The van der Waals surface area contributed by atoms with Gasteiger partial charge in [-0.25, -0.2) is 4.98 Å². The van der Waals surface area contributed by atoms with E-state index < -0.39 is 0 Å². The average molecular weight is 191 g/mol. The van der Waals surface area contributed by atoms with Crippen LogP contribution < -0.4 is 5.32 Å². The predicted molar refractivity (Wildman–Crippen MR) is 54.1 cm³/mol. The zero-order chi connectivity index (χ0) is 10.4. The van der Waals surface area contributed by atoms with Crippen molar-refractivity contribution in [3.8, 4) is 6.07 Å². The minimum absolute atomic E-state index is 0.426. The van der Waals surface area contributed by atoms with Crippen LogP contribution in [0.5, 0.6) is 0 Å². The first kappa shape index (κ1) is 10.5. The highest BCUT2D eigenvalue weighted by molar-refractivity contribution is 5.45. The van der Waals surface area contributed by atoms with E-state index in [2.05, 4.69) is 10.3 Å². The minimum Gasteiger partial charge on any atom is -0.383 e. The maximum absolute atomic E-state index is 8.66. The zero-order valence-corrected chi connectivity index (χ0v) is 8.37. The topological polar surface area (TPSA) is 57.9 Å². The molecule has 0 aliphatic rings. The largest absolute Gasteiger partial charge is 0.383 e. The number of nitrogens with one attached hydrogen (secondary N) is 1. The van der Waals surface area contributed by atoms with Crippen LogP contribution in [0.25, 0.3) is 0 Å². The number of hydrogen-bond acceptors (Lipinski definition) is 4. The number of anilines is 1. The second-order valence-corrected chi connectivity index (χ2v) is 2.89. The van der Waals surface area contributed by atoms with Crippen LogP contribution in [0.3, 0.4) is 0 Å².